The van der Waals surface area contributed by atoms with Crippen molar-refractivity contribution in [2.24, 2.45) is 0 Å². The first kappa shape index (κ1) is 20.3. The molecule has 2 aromatic heterocycles. The Kier molecular flexibility index (Phi) is 4.82. The van der Waals surface area contributed by atoms with Gasteiger partial charge < -0.3 is 5.32 Å². The normalized spacial score (nSPS) is 13.9. The van der Waals surface area contributed by atoms with Gasteiger partial charge in [-0.05, 0) is 24.6 Å². The van der Waals surface area contributed by atoms with E-state index in [4.69, 9.17) is 0 Å². The lowest BCUT2D eigenvalue weighted by molar-refractivity contribution is -0.119. The summed E-state index contributed by atoms with van der Waals surface area (Å²) in [6, 6.07) is 16.0. The van der Waals surface area contributed by atoms with Crippen LogP contribution in [0, 0.1) is 0 Å². The molecule has 4 aromatic rings. The van der Waals surface area contributed by atoms with Gasteiger partial charge in [0.15, 0.2) is 5.82 Å². The van der Waals surface area contributed by atoms with Crippen LogP contribution in [0.1, 0.15) is 39.0 Å². The van der Waals surface area contributed by atoms with Gasteiger partial charge in [-0.2, -0.15) is 9.50 Å². The van der Waals surface area contributed by atoms with Crippen LogP contribution in [0.25, 0.3) is 5.78 Å². The van der Waals surface area contributed by atoms with E-state index < -0.39 is 29.3 Å². The number of carbonyl (C=O) groups is 3. The second kappa shape index (κ2) is 7.83. The average molecular weight is 442 g/mol. The summed E-state index contributed by atoms with van der Waals surface area (Å²) >= 11 is 0. The maximum Gasteiger partial charge on any atom is 0.262 e. The highest BCUT2D eigenvalue weighted by molar-refractivity contribution is 6.23. The number of carbonyl (C=O) groups excluding carboxylic acids is 3. The number of aromatic nitrogens is 4. The largest absolute Gasteiger partial charge is 0.309 e. The molecule has 1 atom stereocenters. The molecule has 10 nitrogen and oxygen atoms in total. The van der Waals surface area contributed by atoms with E-state index in [0.29, 0.717) is 12.2 Å². The fourth-order valence-corrected chi connectivity index (χ4v) is 3.79. The standard InChI is InChI=1S/C23H18N6O4/c1-13(28-21(32)15-9-5-6-10-16(15)22(28)33)20(31)25-18-12-19(30)26-23-24-17(27-29(18)23)11-14-7-3-2-4-8-14/h2-10,12-13H,11H2,1H3,(H,25,31)(H,24,26,27,30). The summed E-state index contributed by atoms with van der Waals surface area (Å²) in [7, 11) is 0. The molecule has 0 spiro atoms. The molecule has 0 bridgehead atoms. The minimum Gasteiger partial charge on any atom is -0.309 e. The molecular formula is C23H18N6O4. The molecule has 5 rings (SSSR count). The number of benzene rings is 2. The van der Waals surface area contributed by atoms with E-state index in [9.17, 15) is 19.2 Å². The van der Waals surface area contributed by atoms with Crippen LogP contribution in [0.3, 0.4) is 0 Å². The number of hydrogen-bond donors (Lipinski definition) is 2. The highest BCUT2D eigenvalue weighted by Gasteiger charge is 2.40. The fraction of sp³-hybridized carbons (Fsp3) is 0.130. The number of fused-ring (bicyclic) bond motifs is 2. The van der Waals surface area contributed by atoms with Crippen molar-refractivity contribution in [3.8, 4) is 0 Å². The Balaban J connectivity index is 1.42. The number of amides is 3. The van der Waals surface area contributed by atoms with Crippen molar-refractivity contribution < 1.29 is 14.4 Å². The number of aromatic amines is 1. The molecule has 0 aliphatic carbocycles. The number of hydrogen-bond acceptors (Lipinski definition) is 6. The lowest BCUT2D eigenvalue weighted by Gasteiger charge is -2.21. The van der Waals surface area contributed by atoms with E-state index in [0.717, 1.165) is 10.5 Å². The molecule has 3 heterocycles. The summed E-state index contributed by atoms with van der Waals surface area (Å²) in [5, 5.41) is 7.00. The van der Waals surface area contributed by atoms with Crippen molar-refractivity contribution >= 4 is 29.3 Å². The van der Waals surface area contributed by atoms with Crippen molar-refractivity contribution in [1.29, 1.82) is 0 Å². The predicted molar refractivity (Wildman–Crippen MR) is 118 cm³/mol. The lowest BCUT2D eigenvalue weighted by atomic mass is 10.1. The maximum atomic E-state index is 13.0. The lowest BCUT2D eigenvalue weighted by Crippen LogP contribution is -2.45. The molecule has 2 N–H and O–H groups in total. The number of anilines is 1. The molecule has 1 aliphatic rings. The van der Waals surface area contributed by atoms with E-state index in [-0.39, 0.29) is 22.7 Å². The summed E-state index contributed by atoms with van der Waals surface area (Å²) in [4.78, 5) is 58.3. The Morgan fingerprint density at radius 2 is 1.64 bits per heavy atom. The maximum absolute atomic E-state index is 13.0. The van der Waals surface area contributed by atoms with Gasteiger partial charge in [-0.3, -0.25) is 29.1 Å². The third kappa shape index (κ3) is 3.57. The molecule has 1 aliphatic heterocycles. The van der Waals surface area contributed by atoms with E-state index in [2.05, 4.69) is 20.4 Å². The molecular weight excluding hydrogens is 424 g/mol. The van der Waals surface area contributed by atoms with Gasteiger partial charge >= 0.3 is 0 Å². The zero-order valence-corrected chi connectivity index (χ0v) is 17.5. The number of rotatable bonds is 5. The van der Waals surface area contributed by atoms with Crippen molar-refractivity contribution in [3.05, 3.63) is 93.5 Å². The topological polar surface area (TPSA) is 130 Å². The van der Waals surface area contributed by atoms with Gasteiger partial charge in [-0.15, -0.1) is 5.10 Å². The fourth-order valence-electron chi connectivity index (χ4n) is 3.79. The van der Waals surface area contributed by atoms with E-state index in [1.165, 1.54) is 17.5 Å². The first-order valence-electron chi connectivity index (χ1n) is 10.2. The van der Waals surface area contributed by atoms with Crippen LogP contribution in [-0.4, -0.2) is 48.2 Å². The molecule has 0 fully saturated rings. The second-order valence-corrected chi connectivity index (χ2v) is 7.64. The number of nitrogens with zero attached hydrogens (tertiary/aromatic N) is 4. The summed E-state index contributed by atoms with van der Waals surface area (Å²) in [6.07, 6.45) is 0.434. The molecule has 164 valence electrons. The van der Waals surface area contributed by atoms with Crippen molar-refractivity contribution in [3.63, 3.8) is 0 Å². The van der Waals surface area contributed by atoms with Crippen LogP contribution in [0.15, 0.2) is 65.5 Å². The molecule has 1 unspecified atom stereocenters. The zero-order valence-electron chi connectivity index (χ0n) is 17.5. The van der Waals surface area contributed by atoms with Crippen LogP contribution >= 0.6 is 0 Å². The van der Waals surface area contributed by atoms with Crippen LogP contribution in [0.4, 0.5) is 5.82 Å². The summed E-state index contributed by atoms with van der Waals surface area (Å²) in [5.41, 5.74) is 1.01. The van der Waals surface area contributed by atoms with Crippen LogP contribution in [0.2, 0.25) is 0 Å². The third-order valence-corrected chi connectivity index (χ3v) is 5.43. The van der Waals surface area contributed by atoms with Gasteiger partial charge in [0, 0.05) is 12.5 Å². The molecule has 0 radical (unpaired) electrons. The number of H-pyrrole nitrogens is 1. The molecule has 0 saturated heterocycles. The van der Waals surface area contributed by atoms with Gasteiger partial charge in [0.2, 0.25) is 11.7 Å². The molecule has 33 heavy (non-hydrogen) atoms. The quantitative estimate of drug-likeness (QED) is 0.452. The van der Waals surface area contributed by atoms with E-state index >= 15 is 0 Å². The minimum absolute atomic E-state index is 0.0778. The van der Waals surface area contributed by atoms with Crippen LogP contribution in [-0.2, 0) is 11.2 Å². The molecule has 0 saturated carbocycles. The highest BCUT2D eigenvalue weighted by Crippen LogP contribution is 2.25. The van der Waals surface area contributed by atoms with Gasteiger partial charge in [0.25, 0.3) is 17.4 Å². The van der Waals surface area contributed by atoms with Gasteiger partial charge in [0.1, 0.15) is 11.9 Å². The highest BCUT2D eigenvalue weighted by atomic mass is 16.2. The Morgan fingerprint density at radius 3 is 2.30 bits per heavy atom. The molecule has 3 amide bonds. The number of imide groups is 1. The SMILES string of the molecule is CC(C(=O)Nc1cc(=O)[nH]c2nc(Cc3ccccc3)nn12)N1C(=O)c2ccccc2C1=O. The van der Waals surface area contributed by atoms with Crippen LogP contribution < -0.4 is 10.9 Å². The van der Waals surface area contributed by atoms with Crippen molar-refractivity contribution in [2.45, 2.75) is 19.4 Å². The first-order chi connectivity index (χ1) is 15.9. The Morgan fingerprint density at radius 1 is 1.00 bits per heavy atom. The third-order valence-electron chi connectivity index (χ3n) is 5.43. The summed E-state index contributed by atoms with van der Waals surface area (Å²) in [5.74, 6) is -1.03. The van der Waals surface area contributed by atoms with Crippen molar-refractivity contribution in [2.75, 3.05) is 5.32 Å². The Labute approximate surface area is 186 Å². The van der Waals surface area contributed by atoms with E-state index in [1.807, 2.05) is 30.3 Å². The monoisotopic (exact) mass is 442 g/mol. The second-order valence-electron chi connectivity index (χ2n) is 7.64. The molecule has 2 aromatic carbocycles. The number of nitrogens with one attached hydrogen (secondary N) is 2. The van der Waals surface area contributed by atoms with Gasteiger partial charge in [0.05, 0.1) is 11.1 Å². The summed E-state index contributed by atoms with van der Waals surface area (Å²) < 4.78 is 1.31. The summed E-state index contributed by atoms with van der Waals surface area (Å²) in [6.45, 7) is 1.45. The van der Waals surface area contributed by atoms with Crippen LogP contribution in [0.5, 0.6) is 0 Å². The molecule has 10 heteroatoms. The first-order valence-corrected chi connectivity index (χ1v) is 10.2. The average Bonchev–Trinajstić information content (AvgIpc) is 3.32. The predicted octanol–water partition coefficient (Wildman–Crippen LogP) is 1.63. The smallest absolute Gasteiger partial charge is 0.262 e. The zero-order chi connectivity index (χ0) is 23.1. The van der Waals surface area contributed by atoms with E-state index in [1.54, 1.807) is 24.3 Å². The Bertz CT molecular complexity index is 1440. The Hall–Kier alpha value is -4.60. The minimum atomic E-state index is -1.11. The van der Waals surface area contributed by atoms with Gasteiger partial charge in [-0.25, -0.2) is 0 Å². The van der Waals surface area contributed by atoms with Crippen molar-refractivity contribution in [1.82, 2.24) is 24.5 Å². The van der Waals surface area contributed by atoms with Gasteiger partial charge in [-0.1, -0.05) is 42.5 Å².